The van der Waals surface area contributed by atoms with Gasteiger partial charge in [0, 0.05) is 50.4 Å². The van der Waals surface area contributed by atoms with Gasteiger partial charge in [0.05, 0.1) is 5.92 Å². The number of piperidine rings is 1. The van der Waals surface area contributed by atoms with Gasteiger partial charge in [0.25, 0.3) is 0 Å². The Labute approximate surface area is 156 Å². The van der Waals surface area contributed by atoms with Crippen LogP contribution in [0.4, 0.5) is 10.1 Å². The molecule has 1 aromatic heterocycles. The van der Waals surface area contributed by atoms with Crippen LogP contribution in [-0.2, 0) is 9.59 Å². The van der Waals surface area contributed by atoms with E-state index in [0.717, 1.165) is 5.75 Å². The molecule has 0 unspecified atom stereocenters. The van der Waals surface area contributed by atoms with Crippen molar-refractivity contribution in [2.24, 2.45) is 0 Å². The molecule has 4 rings (SSSR count). The zero-order valence-corrected chi connectivity index (χ0v) is 14.7. The van der Waals surface area contributed by atoms with Gasteiger partial charge in [0.15, 0.2) is 0 Å². The first-order valence-corrected chi connectivity index (χ1v) is 9.05. The summed E-state index contributed by atoms with van der Waals surface area (Å²) in [4.78, 5) is 30.7. The van der Waals surface area contributed by atoms with E-state index in [1.165, 1.54) is 18.2 Å². The van der Waals surface area contributed by atoms with E-state index in [1.807, 2.05) is 12.1 Å². The van der Waals surface area contributed by atoms with Gasteiger partial charge in [-0.15, -0.1) is 0 Å². The number of amides is 2. The summed E-state index contributed by atoms with van der Waals surface area (Å²) in [6.45, 7) is 1.11. The van der Waals surface area contributed by atoms with Crippen LogP contribution in [0.2, 0.25) is 0 Å². The van der Waals surface area contributed by atoms with E-state index in [0.29, 0.717) is 37.2 Å². The van der Waals surface area contributed by atoms with Crippen molar-refractivity contribution >= 4 is 17.5 Å². The van der Waals surface area contributed by atoms with E-state index >= 15 is 0 Å². The van der Waals surface area contributed by atoms with Crippen LogP contribution < -0.4 is 10.1 Å². The van der Waals surface area contributed by atoms with Gasteiger partial charge in [-0.1, -0.05) is 0 Å². The molecule has 0 spiro atoms. The predicted molar refractivity (Wildman–Crippen MR) is 96.9 cm³/mol. The van der Waals surface area contributed by atoms with Crippen LogP contribution in [0.1, 0.15) is 30.7 Å². The van der Waals surface area contributed by atoms with Crippen LogP contribution in [-0.4, -0.2) is 40.9 Å². The monoisotopic (exact) mass is 369 g/mol. The lowest BCUT2D eigenvalue weighted by molar-refractivity contribution is -0.136. The third kappa shape index (κ3) is 3.77. The van der Waals surface area contributed by atoms with Crippen molar-refractivity contribution in [3.8, 4) is 5.75 Å². The topological polar surface area (TPSA) is 71.5 Å². The second-order valence-electron chi connectivity index (χ2n) is 6.86. The highest BCUT2D eigenvalue weighted by Gasteiger charge is 2.35. The molecule has 2 amide bonds. The number of fused-ring (bicyclic) bond motifs is 1. The average Bonchev–Trinajstić information content (AvgIpc) is 2.68. The molecule has 1 N–H and O–H groups in total. The minimum atomic E-state index is -0.637. The molecule has 0 radical (unpaired) electrons. The van der Waals surface area contributed by atoms with Crippen LogP contribution in [0.15, 0.2) is 42.7 Å². The number of rotatable bonds is 3. The number of hydrogen-bond donors (Lipinski definition) is 1. The largest absolute Gasteiger partial charge is 0.490 e. The fourth-order valence-corrected chi connectivity index (χ4v) is 3.68. The van der Waals surface area contributed by atoms with Gasteiger partial charge in [-0.3, -0.25) is 14.6 Å². The second kappa shape index (κ2) is 7.34. The summed E-state index contributed by atoms with van der Waals surface area (Å²) in [7, 11) is 0. The summed E-state index contributed by atoms with van der Waals surface area (Å²) in [6.07, 6.45) is 4.86. The van der Waals surface area contributed by atoms with Gasteiger partial charge < -0.3 is 15.0 Å². The Morgan fingerprint density at radius 2 is 1.93 bits per heavy atom. The highest BCUT2D eigenvalue weighted by atomic mass is 19.1. The molecule has 140 valence electrons. The average molecular weight is 369 g/mol. The maximum atomic E-state index is 13.7. The van der Waals surface area contributed by atoms with Gasteiger partial charge in [0.2, 0.25) is 11.8 Å². The molecule has 0 saturated carbocycles. The molecule has 2 aliphatic rings. The van der Waals surface area contributed by atoms with Crippen LogP contribution in [0.25, 0.3) is 0 Å². The Bertz CT molecular complexity index is 851. The van der Waals surface area contributed by atoms with Gasteiger partial charge in [-0.2, -0.15) is 0 Å². The smallest absolute Gasteiger partial charge is 0.230 e. The molecule has 7 heteroatoms. The summed E-state index contributed by atoms with van der Waals surface area (Å²) in [5.41, 5.74) is 1.07. The van der Waals surface area contributed by atoms with Crippen LogP contribution in [0.5, 0.6) is 5.75 Å². The van der Waals surface area contributed by atoms with Gasteiger partial charge in [-0.05, 0) is 35.9 Å². The highest BCUT2D eigenvalue weighted by molar-refractivity contribution is 6.01. The third-order valence-corrected chi connectivity index (χ3v) is 5.06. The maximum Gasteiger partial charge on any atom is 0.230 e. The number of nitrogens with one attached hydrogen (secondary N) is 1. The summed E-state index contributed by atoms with van der Waals surface area (Å²) < 4.78 is 19.6. The summed E-state index contributed by atoms with van der Waals surface area (Å²) in [6, 6.07) is 7.76. The quantitative estimate of drug-likeness (QED) is 0.903. The first-order valence-electron chi connectivity index (χ1n) is 9.05. The second-order valence-corrected chi connectivity index (χ2v) is 6.86. The molecule has 1 fully saturated rings. The first kappa shape index (κ1) is 17.5. The molecule has 1 atom stereocenters. The van der Waals surface area contributed by atoms with Gasteiger partial charge in [-0.25, -0.2) is 4.39 Å². The van der Waals surface area contributed by atoms with Crippen LogP contribution in [0.3, 0.4) is 0 Å². The van der Waals surface area contributed by atoms with E-state index in [2.05, 4.69) is 10.3 Å². The third-order valence-electron chi connectivity index (χ3n) is 5.06. The molecule has 0 bridgehead atoms. The van der Waals surface area contributed by atoms with E-state index in [1.54, 1.807) is 17.3 Å². The summed E-state index contributed by atoms with van der Waals surface area (Å²) in [5.74, 6) is -0.625. The number of anilines is 1. The number of aromatic nitrogens is 1. The maximum absolute atomic E-state index is 13.7. The number of likely N-dealkylation sites (tertiary alicyclic amines) is 1. The fraction of sp³-hybridized carbons (Fsp3) is 0.350. The van der Waals surface area contributed by atoms with Crippen molar-refractivity contribution in [2.45, 2.75) is 31.3 Å². The normalized spacial score (nSPS) is 20.0. The number of benzene rings is 1. The number of pyridine rings is 1. The fourth-order valence-electron chi connectivity index (χ4n) is 3.68. The minimum Gasteiger partial charge on any atom is -0.490 e. The molecule has 3 heterocycles. The zero-order valence-electron chi connectivity index (χ0n) is 14.7. The number of carbonyl (C=O) groups excluding carboxylic acids is 2. The standard InChI is InChI=1S/C20H20FN3O3/c21-13-1-2-18-16(11-13)17(12-19(25)23-18)20(26)24-9-5-15(6-10-24)27-14-3-7-22-8-4-14/h1-4,7-8,11,15,17H,5-6,9-10,12H2,(H,23,25)/t17-/m0/s1. The minimum absolute atomic E-state index is 0.0378. The van der Waals surface area contributed by atoms with Crippen molar-refractivity contribution in [1.29, 1.82) is 0 Å². The molecule has 2 aromatic rings. The van der Waals surface area contributed by atoms with Crippen molar-refractivity contribution in [2.75, 3.05) is 18.4 Å². The van der Waals surface area contributed by atoms with E-state index < -0.39 is 11.7 Å². The number of hydrogen-bond acceptors (Lipinski definition) is 4. The Hall–Kier alpha value is -2.96. The van der Waals surface area contributed by atoms with Crippen molar-refractivity contribution in [1.82, 2.24) is 9.88 Å². The summed E-state index contributed by atoms with van der Waals surface area (Å²) in [5, 5.41) is 2.71. The van der Waals surface area contributed by atoms with Crippen LogP contribution >= 0.6 is 0 Å². The zero-order chi connectivity index (χ0) is 18.8. The Morgan fingerprint density at radius 1 is 1.19 bits per heavy atom. The number of halogens is 1. The lowest BCUT2D eigenvalue weighted by Crippen LogP contribution is -2.45. The van der Waals surface area contributed by atoms with Gasteiger partial charge in [0.1, 0.15) is 17.7 Å². The molecular formula is C20H20FN3O3. The molecule has 6 nitrogen and oxygen atoms in total. The SMILES string of the molecule is O=C1C[C@H](C(=O)N2CCC(Oc3ccncc3)CC2)c2cc(F)ccc2N1. The molecule has 2 aliphatic heterocycles. The Kier molecular flexibility index (Phi) is 4.75. The Balaban J connectivity index is 1.42. The number of nitrogens with zero attached hydrogens (tertiary/aromatic N) is 2. The molecule has 1 aromatic carbocycles. The highest BCUT2D eigenvalue weighted by Crippen LogP contribution is 2.34. The predicted octanol–water partition coefficient (Wildman–Crippen LogP) is 2.72. The van der Waals surface area contributed by atoms with Crippen LogP contribution in [0, 0.1) is 5.82 Å². The van der Waals surface area contributed by atoms with Crippen molar-refractivity contribution in [3.05, 3.63) is 54.1 Å². The van der Waals surface area contributed by atoms with Crippen molar-refractivity contribution in [3.63, 3.8) is 0 Å². The lowest BCUT2D eigenvalue weighted by Gasteiger charge is -2.35. The first-order chi connectivity index (χ1) is 13.1. The van der Waals surface area contributed by atoms with Gasteiger partial charge >= 0.3 is 0 Å². The summed E-state index contributed by atoms with van der Waals surface area (Å²) >= 11 is 0. The molecule has 0 aliphatic carbocycles. The molecular weight excluding hydrogens is 349 g/mol. The molecule has 27 heavy (non-hydrogen) atoms. The lowest BCUT2D eigenvalue weighted by atomic mass is 9.88. The van der Waals surface area contributed by atoms with E-state index in [-0.39, 0.29) is 24.3 Å². The van der Waals surface area contributed by atoms with E-state index in [4.69, 9.17) is 4.74 Å². The number of carbonyl (C=O) groups is 2. The van der Waals surface area contributed by atoms with Crippen molar-refractivity contribution < 1.29 is 18.7 Å². The Morgan fingerprint density at radius 3 is 2.67 bits per heavy atom. The molecule has 1 saturated heterocycles. The van der Waals surface area contributed by atoms with E-state index in [9.17, 15) is 14.0 Å². The number of ether oxygens (including phenoxy) is 1.